The van der Waals surface area contributed by atoms with Gasteiger partial charge in [0.25, 0.3) is 0 Å². The SMILES string of the molecule is CCCNc1cc(C)nc(COc2ccc(F)cc2F)n1. The van der Waals surface area contributed by atoms with E-state index < -0.39 is 11.6 Å². The fourth-order valence-corrected chi connectivity index (χ4v) is 1.77. The van der Waals surface area contributed by atoms with Gasteiger partial charge in [0.2, 0.25) is 0 Å². The van der Waals surface area contributed by atoms with E-state index in [1.807, 2.05) is 13.0 Å². The van der Waals surface area contributed by atoms with Crippen molar-refractivity contribution in [3.63, 3.8) is 0 Å². The summed E-state index contributed by atoms with van der Waals surface area (Å²) in [6.45, 7) is 4.73. The molecule has 0 aliphatic rings. The van der Waals surface area contributed by atoms with E-state index in [0.717, 1.165) is 30.8 Å². The third-order valence-electron chi connectivity index (χ3n) is 2.71. The van der Waals surface area contributed by atoms with E-state index in [4.69, 9.17) is 4.74 Å². The smallest absolute Gasteiger partial charge is 0.168 e. The molecule has 0 fully saturated rings. The Morgan fingerprint density at radius 1 is 1.19 bits per heavy atom. The molecule has 0 aliphatic heterocycles. The molecular weight excluding hydrogens is 276 g/mol. The van der Waals surface area contributed by atoms with Gasteiger partial charge in [-0.15, -0.1) is 0 Å². The van der Waals surface area contributed by atoms with Gasteiger partial charge in [0.1, 0.15) is 18.2 Å². The highest BCUT2D eigenvalue weighted by Crippen LogP contribution is 2.18. The molecule has 1 aromatic carbocycles. The van der Waals surface area contributed by atoms with Crippen molar-refractivity contribution in [2.45, 2.75) is 26.9 Å². The maximum Gasteiger partial charge on any atom is 0.168 e. The minimum absolute atomic E-state index is 0.0189. The summed E-state index contributed by atoms with van der Waals surface area (Å²) < 4.78 is 31.6. The van der Waals surface area contributed by atoms with Crippen LogP contribution in [0.5, 0.6) is 5.75 Å². The normalized spacial score (nSPS) is 10.5. The molecule has 0 bridgehead atoms. The number of anilines is 1. The van der Waals surface area contributed by atoms with Crippen molar-refractivity contribution in [3.8, 4) is 5.75 Å². The number of rotatable bonds is 6. The van der Waals surface area contributed by atoms with Crippen molar-refractivity contribution in [2.24, 2.45) is 0 Å². The monoisotopic (exact) mass is 293 g/mol. The first-order valence-electron chi connectivity index (χ1n) is 6.74. The zero-order valence-electron chi connectivity index (χ0n) is 12.0. The molecule has 6 heteroatoms. The van der Waals surface area contributed by atoms with Gasteiger partial charge in [-0.05, 0) is 25.5 Å². The van der Waals surface area contributed by atoms with Crippen LogP contribution in [0.25, 0.3) is 0 Å². The zero-order valence-corrected chi connectivity index (χ0v) is 12.0. The average Bonchev–Trinajstić information content (AvgIpc) is 2.43. The molecule has 0 amide bonds. The molecule has 0 saturated carbocycles. The minimum atomic E-state index is -0.744. The highest BCUT2D eigenvalue weighted by atomic mass is 19.1. The lowest BCUT2D eigenvalue weighted by Gasteiger charge is -2.09. The number of benzene rings is 1. The number of aryl methyl sites for hydroxylation is 1. The summed E-state index contributed by atoms with van der Waals surface area (Å²) in [4.78, 5) is 8.52. The van der Waals surface area contributed by atoms with Crippen LogP contribution in [0.3, 0.4) is 0 Å². The van der Waals surface area contributed by atoms with E-state index in [1.54, 1.807) is 0 Å². The molecule has 2 rings (SSSR count). The van der Waals surface area contributed by atoms with Crippen LogP contribution in [0, 0.1) is 18.6 Å². The van der Waals surface area contributed by atoms with Crippen LogP contribution in [0.2, 0.25) is 0 Å². The lowest BCUT2D eigenvalue weighted by molar-refractivity contribution is 0.280. The van der Waals surface area contributed by atoms with Gasteiger partial charge in [0, 0.05) is 24.4 Å². The second kappa shape index (κ2) is 6.97. The Morgan fingerprint density at radius 3 is 2.71 bits per heavy atom. The Bertz CT molecular complexity index is 620. The van der Waals surface area contributed by atoms with Gasteiger partial charge in [0.05, 0.1) is 0 Å². The van der Waals surface area contributed by atoms with E-state index in [-0.39, 0.29) is 12.4 Å². The van der Waals surface area contributed by atoms with Crippen LogP contribution in [0.4, 0.5) is 14.6 Å². The van der Waals surface area contributed by atoms with Crippen LogP contribution in [-0.2, 0) is 6.61 Å². The molecule has 0 unspecified atom stereocenters. The van der Waals surface area contributed by atoms with Gasteiger partial charge in [0.15, 0.2) is 17.4 Å². The Labute approximate surface area is 122 Å². The quantitative estimate of drug-likeness (QED) is 0.886. The van der Waals surface area contributed by atoms with Crippen molar-refractivity contribution in [3.05, 3.63) is 47.4 Å². The fourth-order valence-electron chi connectivity index (χ4n) is 1.77. The molecule has 0 aliphatic carbocycles. The van der Waals surface area contributed by atoms with Crippen LogP contribution >= 0.6 is 0 Å². The molecule has 2 aromatic rings. The summed E-state index contributed by atoms with van der Waals surface area (Å²) in [5.41, 5.74) is 0.793. The molecule has 0 saturated heterocycles. The summed E-state index contributed by atoms with van der Waals surface area (Å²) in [6, 6.07) is 5.00. The molecule has 1 N–H and O–H groups in total. The first-order valence-corrected chi connectivity index (χ1v) is 6.74. The second-order valence-corrected chi connectivity index (χ2v) is 4.60. The summed E-state index contributed by atoms with van der Waals surface area (Å²) in [5.74, 6) is -0.255. The molecule has 0 radical (unpaired) electrons. The highest BCUT2D eigenvalue weighted by Gasteiger charge is 2.07. The van der Waals surface area contributed by atoms with Gasteiger partial charge in [-0.25, -0.2) is 18.7 Å². The number of hydrogen-bond donors (Lipinski definition) is 1. The first kappa shape index (κ1) is 15.2. The van der Waals surface area contributed by atoms with Gasteiger partial charge in [-0.3, -0.25) is 0 Å². The van der Waals surface area contributed by atoms with Gasteiger partial charge in [-0.1, -0.05) is 6.92 Å². The van der Waals surface area contributed by atoms with Gasteiger partial charge < -0.3 is 10.1 Å². The van der Waals surface area contributed by atoms with Crippen molar-refractivity contribution in [1.82, 2.24) is 9.97 Å². The van der Waals surface area contributed by atoms with Crippen LogP contribution < -0.4 is 10.1 Å². The molecule has 112 valence electrons. The molecule has 0 spiro atoms. The Balaban J connectivity index is 2.07. The Morgan fingerprint density at radius 2 is 2.00 bits per heavy atom. The summed E-state index contributed by atoms with van der Waals surface area (Å²) in [5, 5.41) is 3.16. The number of aromatic nitrogens is 2. The second-order valence-electron chi connectivity index (χ2n) is 4.60. The van der Waals surface area contributed by atoms with E-state index in [9.17, 15) is 8.78 Å². The third kappa shape index (κ3) is 4.37. The van der Waals surface area contributed by atoms with Crippen molar-refractivity contribution < 1.29 is 13.5 Å². The maximum atomic E-state index is 13.5. The van der Waals surface area contributed by atoms with E-state index in [0.29, 0.717) is 11.6 Å². The molecular formula is C15H17F2N3O. The predicted octanol–water partition coefficient (Wildman–Crippen LogP) is 3.46. The van der Waals surface area contributed by atoms with E-state index >= 15 is 0 Å². The average molecular weight is 293 g/mol. The number of nitrogens with zero attached hydrogens (tertiary/aromatic N) is 2. The van der Waals surface area contributed by atoms with Gasteiger partial charge >= 0.3 is 0 Å². The van der Waals surface area contributed by atoms with Crippen molar-refractivity contribution in [2.75, 3.05) is 11.9 Å². The fraction of sp³-hybridized carbons (Fsp3) is 0.333. The Kier molecular flexibility index (Phi) is 5.03. The third-order valence-corrected chi connectivity index (χ3v) is 2.71. The van der Waals surface area contributed by atoms with E-state index in [2.05, 4.69) is 22.2 Å². The molecule has 4 nitrogen and oxygen atoms in total. The number of nitrogens with one attached hydrogen (secondary N) is 1. The summed E-state index contributed by atoms with van der Waals surface area (Å²) in [7, 11) is 0. The zero-order chi connectivity index (χ0) is 15.2. The topological polar surface area (TPSA) is 47.0 Å². The molecule has 0 atom stereocenters. The molecule has 1 heterocycles. The standard InChI is InChI=1S/C15H17F2N3O/c1-3-6-18-14-7-10(2)19-15(20-14)9-21-13-5-4-11(16)8-12(13)17/h4-5,7-8H,3,6,9H2,1-2H3,(H,18,19,20). The lowest BCUT2D eigenvalue weighted by Crippen LogP contribution is -2.08. The molecule has 21 heavy (non-hydrogen) atoms. The first-order chi connectivity index (χ1) is 10.1. The minimum Gasteiger partial charge on any atom is -0.483 e. The van der Waals surface area contributed by atoms with Crippen LogP contribution in [0.1, 0.15) is 24.9 Å². The Hall–Kier alpha value is -2.24. The van der Waals surface area contributed by atoms with Crippen LogP contribution in [0.15, 0.2) is 24.3 Å². The predicted molar refractivity (Wildman–Crippen MR) is 76.2 cm³/mol. The maximum absolute atomic E-state index is 13.5. The summed E-state index contributed by atoms with van der Waals surface area (Å²) in [6.07, 6.45) is 0.982. The van der Waals surface area contributed by atoms with Crippen molar-refractivity contribution >= 4 is 5.82 Å². The van der Waals surface area contributed by atoms with E-state index in [1.165, 1.54) is 6.07 Å². The highest BCUT2D eigenvalue weighted by molar-refractivity contribution is 5.35. The lowest BCUT2D eigenvalue weighted by atomic mass is 10.3. The number of ether oxygens (including phenoxy) is 1. The van der Waals surface area contributed by atoms with Gasteiger partial charge in [-0.2, -0.15) is 0 Å². The number of halogens is 2. The van der Waals surface area contributed by atoms with Crippen molar-refractivity contribution in [1.29, 1.82) is 0 Å². The largest absolute Gasteiger partial charge is 0.483 e. The summed E-state index contributed by atoms with van der Waals surface area (Å²) >= 11 is 0. The molecule has 1 aromatic heterocycles. The number of hydrogen-bond acceptors (Lipinski definition) is 4. The van der Waals surface area contributed by atoms with Crippen LogP contribution in [-0.4, -0.2) is 16.5 Å².